The van der Waals surface area contributed by atoms with Crippen LogP contribution in [0.3, 0.4) is 0 Å². The second-order valence-corrected chi connectivity index (χ2v) is 15.4. The van der Waals surface area contributed by atoms with Crippen molar-refractivity contribution >= 4 is 17.5 Å². The van der Waals surface area contributed by atoms with Gasteiger partial charge in [0.05, 0.1) is 19.2 Å². The number of primary amides is 1. The van der Waals surface area contributed by atoms with Crippen LogP contribution in [0, 0.1) is 50.9 Å². The molecule has 2 N–H and O–H groups in total. The molecule has 0 aromatic carbocycles. The van der Waals surface area contributed by atoms with Crippen LogP contribution in [-0.4, -0.2) is 75.7 Å². The number of likely N-dealkylation sites (tertiary alicyclic amines) is 2. The Hall–Kier alpha value is -3.22. The summed E-state index contributed by atoms with van der Waals surface area (Å²) < 4.78 is 4.68. The number of ketones is 2. The molecule has 2 saturated heterocycles. The van der Waals surface area contributed by atoms with Crippen LogP contribution in [0.15, 0.2) is 12.1 Å². The van der Waals surface area contributed by atoms with Gasteiger partial charge in [0.1, 0.15) is 0 Å². The molecule has 2 aliphatic heterocycles. The predicted octanol–water partition coefficient (Wildman–Crippen LogP) is 7.02. The monoisotopic (exact) mass is 672 g/mol. The van der Waals surface area contributed by atoms with Gasteiger partial charge in [0.15, 0.2) is 11.6 Å². The zero-order valence-corrected chi connectivity index (χ0v) is 30.6. The summed E-state index contributed by atoms with van der Waals surface area (Å²) in [6.07, 6.45) is 15.1. The van der Waals surface area contributed by atoms with Gasteiger partial charge in [-0.1, -0.05) is 12.8 Å². The predicted molar refractivity (Wildman–Crippen MR) is 194 cm³/mol. The Kier molecular flexibility index (Phi) is 13.0. The summed E-state index contributed by atoms with van der Waals surface area (Å²) in [5, 5.41) is 9.08. The summed E-state index contributed by atoms with van der Waals surface area (Å²) in [6, 6.07) is 7.38. The second kappa shape index (κ2) is 17.1. The third kappa shape index (κ3) is 9.12. The molecule has 0 spiro atoms. The van der Waals surface area contributed by atoms with Gasteiger partial charge >= 0.3 is 0 Å². The number of aromatic nitrogens is 2. The van der Waals surface area contributed by atoms with E-state index < -0.39 is 0 Å². The molecule has 6 rings (SSSR count). The fraction of sp³-hybridized carbons (Fsp3) is 0.700. The number of carbonyl (C=O) groups excluding carboxylic acids is 3. The molecule has 0 bridgehead atoms. The molecule has 4 heterocycles. The first-order chi connectivity index (χ1) is 23.6. The van der Waals surface area contributed by atoms with Gasteiger partial charge in [-0.2, -0.15) is 5.26 Å². The maximum atomic E-state index is 12.8. The highest BCUT2D eigenvalue weighted by Gasteiger charge is 2.29. The van der Waals surface area contributed by atoms with Crippen LogP contribution < -0.4 is 5.73 Å². The number of hydrogen-bond donors (Lipinski definition) is 1. The number of nitrogens with two attached hydrogens (primary N) is 1. The van der Waals surface area contributed by atoms with Crippen LogP contribution in [0.25, 0.3) is 0 Å². The Morgan fingerprint density at radius 3 is 1.41 bits per heavy atom. The van der Waals surface area contributed by atoms with Crippen LogP contribution in [0.5, 0.6) is 0 Å². The van der Waals surface area contributed by atoms with Gasteiger partial charge in [0.25, 0.3) is 0 Å². The highest BCUT2D eigenvalue weighted by molar-refractivity contribution is 5.99. The van der Waals surface area contributed by atoms with E-state index in [9.17, 15) is 14.4 Å². The molecule has 4 aliphatic rings. The smallest absolute Gasteiger partial charge is 0.220 e. The molecule has 1 amide bonds. The fourth-order valence-corrected chi connectivity index (χ4v) is 9.14. The largest absolute Gasteiger partial charge is 0.369 e. The van der Waals surface area contributed by atoms with Gasteiger partial charge in [-0.05, 0) is 143 Å². The van der Waals surface area contributed by atoms with Gasteiger partial charge < -0.3 is 14.9 Å². The van der Waals surface area contributed by atoms with Crippen LogP contribution in [0.2, 0.25) is 0 Å². The fourth-order valence-electron chi connectivity index (χ4n) is 9.14. The molecule has 9 nitrogen and oxygen atoms in total. The van der Waals surface area contributed by atoms with Gasteiger partial charge in [-0.25, -0.2) is 0 Å². The lowest BCUT2D eigenvalue weighted by atomic mass is 9.85. The van der Waals surface area contributed by atoms with Crippen molar-refractivity contribution < 1.29 is 14.4 Å². The summed E-state index contributed by atoms with van der Waals surface area (Å²) in [7, 11) is 0. The van der Waals surface area contributed by atoms with Gasteiger partial charge in [-0.15, -0.1) is 0 Å². The normalized spacial score (nSPS) is 25.2. The third-order valence-corrected chi connectivity index (χ3v) is 11.9. The summed E-state index contributed by atoms with van der Waals surface area (Å²) in [4.78, 5) is 41.6. The summed E-state index contributed by atoms with van der Waals surface area (Å²) in [5.41, 5.74) is 11.8. The summed E-state index contributed by atoms with van der Waals surface area (Å²) >= 11 is 0. The van der Waals surface area contributed by atoms with Crippen LogP contribution in [0.1, 0.15) is 145 Å². The summed E-state index contributed by atoms with van der Waals surface area (Å²) in [5.74, 6) is 0.580. The van der Waals surface area contributed by atoms with Crippen LogP contribution in [0.4, 0.5) is 0 Å². The SMILES string of the molecule is Cc1cc(C(=O)CN2CCCCC2)c(C)n1C1CCC(C#N)CC1.Cc1cc(C(=O)CN2CCCCC2)c(C)n1C1CCC(C(N)=O)CC1. The zero-order chi connectivity index (χ0) is 35.1. The number of Topliss-reactive ketones (excluding diaryl/α,β-unsaturated/α-hetero) is 2. The van der Waals surface area contributed by atoms with Crippen molar-refractivity contribution in [3.05, 3.63) is 46.0 Å². The molecular formula is C40H60N6O3. The standard InChI is InChI=1S/C20H31N3O2.C20H29N3O/c1-14-12-18(19(24)13-22-10-4-3-5-11-22)15(2)23(14)17-8-6-16(7-9-17)20(21)25;1-15-12-19(20(24)14-22-10-4-3-5-11-22)16(2)23(15)18-8-6-17(13-21)7-9-18/h12,16-17H,3-11,13H2,1-2H3,(H2,21,25);12,17-18H,3-11,14H2,1-2H3. The first kappa shape index (κ1) is 37.0. The van der Waals surface area contributed by atoms with Crippen molar-refractivity contribution in [2.24, 2.45) is 17.6 Å². The van der Waals surface area contributed by atoms with E-state index in [1.165, 1.54) is 44.2 Å². The molecular weight excluding hydrogens is 612 g/mol. The minimum Gasteiger partial charge on any atom is -0.369 e. The van der Waals surface area contributed by atoms with Crippen molar-refractivity contribution in [3.8, 4) is 6.07 Å². The Balaban J connectivity index is 0.000000191. The number of rotatable bonds is 9. The Labute approximate surface area is 294 Å². The van der Waals surface area contributed by atoms with E-state index in [2.05, 4.69) is 64.8 Å². The maximum absolute atomic E-state index is 12.8. The van der Waals surface area contributed by atoms with E-state index in [0.29, 0.717) is 25.2 Å². The zero-order valence-electron chi connectivity index (χ0n) is 30.6. The van der Waals surface area contributed by atoms with Crippen LogP contribution >= 0.6 is 0 Å². The van der Waals surface area contributed by atoms with Crippen molar-refractivity contribution in [2.45, 2.75) is 130 Å². The highest BCUT2D eigenvalue weighted by atomic mass is 16.1. The lowest BCUT2D eigenvalue weighted by Crippen LogP contribution is -2.34. The third-order valence-electron chi connectivity index (χ3n) is 11.9. The quantitative estimate of drug-likeness (QED) is 0.286. The topological polar surface area (TPSA) is 117 Å². The average molecular weight is 673 g/mol. The number of nitriles is 1. The van der Waals surface area contributed by atoms with Gasteiger partial charge in [-0.3, -0.25) is 24.2 Å². The van der Waals surface area contributed by atoms with E-state index in [4.69, 9.17) is 11.0 Å². The minimum atomic E-state index is -0.170. The maximum Gasteiger partial charge on any atom is 0.220 e. The molecule has 0 atom stereocenters. The van der Waals surface area contributed by atoms with E-state index in [0.717, 1.165) is 106 Å². The first-order valence-electron chi connectivity index (χ1n) is 19.1. The number of amides is 1. The average Bonchev–Trinajstić information content (AvgIpc) is 3.58. The Morgan fingerprint density at radius 1 is 0.653 bits per heavy atom. The van der Waals surface area contributed by atoms with Crippen molar-refractivity contribution in [1.82, 2.24) is 18.9 Å². The van der Waals surface area contributed by atoms with E-state index in [1.807, 2.05) is 0 Å². The molecule has 0 radical (unpaired) electrons. The highest BCUT2D eigenvalue weighted by Crippen LogP contribution is 2.36. The first-order valence-corrected chi connectivity index (χ1v) is 19.1. The molecule has 2 aliphatic carbocycles. The molecule has 4 fully saturated rings. The second-order valence-electron chi connectivity index (χ2n) is 15.4. The molecule has 268 valence electrons. The minimum absolute atomic E-state index is 0.0210. The van der Waals surface area contributed by atoms with Crippen molar-refractivity contribution in [2.75, 3.05) is 39.3 Å². The van der Waals surface area contributed by atoms with E-state index in [-0.39, 0.29) is 29.3 Å². The lowest BCUT2D eigenvalue weighted by Gasteiger charge is -2.30. The van der Waals surface area contributed by atoms with Crippen LogP contribution in [-0.2, 0) is 4.79 Å². The number of carbonyl (C=O) groups is 3. The summed E-state index contributed by atoms with van der Waals surface area (Å²) in [6.45, 7) is 13.7. The number of aryl methyl sites for hydroxylation is 2. The molecule has 2 saturated carbocycles. The molecule has 49 heavy (non-hydrogen) atoms. The Morgan fingerprint density at radius 2 is 1.04 bits per heavy atom. The number of piperidine rings is 2. The van der Waals surface area contributed by atoms with Gasteiger partial charge in [0, 0.05) is 57.8 Å². The van der Waals surface area contributed by atoms with Crippen molar-refractivity contribution in [3.63, 3.8) is 0 Å². The Bertz CT molecular complexity index is 1490. The van der Waals surface area contributed by atoms with Crippen molar-refractivity contribution in [1.29, 1.82) is 5.26 Å². The lowest BCUT2D eigenvalue weighted by molar-refractivity contribution is -0.122. The van der Waals surface area contributed by atoms with Gasteiger partial charge in [0.2, 0.25) is 5.91 Å². The van der Waals surface area contributed by atoms with E-state index in [1.54, 1.807) is 0 Å². The molecule has 2 aromatic heterocycles. The molecule has 9 heteroatoms. The van der Waals surface area contributed by atoms with E-state index >= 15 is 0 Å². The number of nitrogens with zero attached hydrogens (tertiary/aromatic N) is 5. The molecule has 2 aromatic rings. The number of hydrogen-bond acceptors (Lipinski definition) is 6. The molecule has 0 unspecified atom stereocenters.